The highest BCUT2D eigenvalue weighted by molar-refractivity contribution is 7.99. The zero-order chi connectivity index (χ0) is 24.0. The molecule has 0 radical (unpaired) electrons. The van der Waals surface area contributed by atoms with E-state index in [0.29, 0.717) is 30.6 Å². The Hall–Kier alpha value is -2.33. The summed E-state index contributed by atoms with van der Waals surface area (Å²) in [6.07, 6.45) is 4.05. The lowest BCUT2D eigenvalue weighted by Crippen LogP contribution is -2.23. The molecule has 0 aromatic heterocycles. The molecule has 1 aliphatic rings. The molecule has 2 aromatic carbocycles. The van der Waals surface area contributed by atoms with E-state index in [2.05, 4.69) is 64.1 Å². The predicted octanol–water partition coefficient (Wildman–Crippen LogP) is 7.25. The maximum Gasteiger partial charge on any atom is 0.310 e. The molecule has 0 saturated carbocycles. The number of ketones is 1. The van der Waals surface area contributed by atoms with E-state index in [4.69, 9.17) is 4.74 Å². The third-order valence-electron chi connectivity index (χ3n) is 6.31. The third kappa shape index (κ3) is 6.38. The Labute approximate surface area is 203 Å². The molecular weight excluding hydrogens is 428 g/mol. The molecule has 0 amide bonds. The van der Waals surface area contributed by atoms with Crippen molar-refractivity contribution in [3.8, 4) is 0 Å². The number of rotatable bonds is 9. The Morgan fingerprint density at radius 1 is 0.970 bits per heavy atom. The Bertz CT molecular complexity index is 1010. The van der Waals surface area contributed by atoms with Crippen molar-refractivity contribution in [2.75, 3.05) is 5.75 Å². The molecule has 0 aliphatic heterocycles. The first-order valence-electron chi connectivity index (χ1n) is 12.1. The van der Waals surface area contributed by atoms with Crippen LogP contribution in [0, 0.1) is 19.8 Å². The summed E-state index contributed by atoms with van der Waals surface area (Å²) < 4.78 is 5.83. The van der Waals surface area contributed by atoms with Gasteiger partial charge in [0, 0.05) is 24.2 Å². The maximum absolute atomic E-state index is 13.5. The summed E-state index contributed by atoms with van der Waals surface area (Å²) in [4.78, 5) is 27.1. The van der Waals surface area contributed by atoms with E-state index in [1.807, 2.05) is 11.8 Å². The van der Waals surface area contributed by atoms with Crippen LogP contribution < -0.4 is 0 Å². The highest BCUT2D eigenvalue weighted by atomic mass is 32.2. The first-order chi connectivity index (χ1) is 15.9. The topological polar surface area (TPSA) is 43.4 Å². The number of hydrogen-bond donors (Lipinski definition) is 0. The Kier molecular flexibility index (Phi) is 8.96. The first-order valence-corrected chi connectivity index (χ1v) is 13.1. The van der Waals surface area contributed by atoms with E-state index in [9.17, 15) is 9.59 Å². The van der Waals surface area contributed by atoms with Crippen LogP contribution in [0.2, 0.25) is 0 Å². The number of esters is 1. The zero-order valence-electron chi connectivity index (χ0n) is 20.6. The molecule has 33 heavy (non-hydrogen) atoms. The summed E-state index contributed by atoms with van der Waals surface area (Å²) in [5.41, 5.74) is 6.43. The van der Waals surface area contributed by atoms with Gasteiger partial charge < -0.3 is 4.74 Å². The second-order valence-corrected chi connectivity index (χ2v) is 10.1. The van der Waals surface area contributed by atoms with Crippen LogP contribution in [0.4, 0.5) is 0 Å². The van der Waals surface area contributed by atoms with Crippen LogP contribution >= 0.6 is 11.8 Å². The lowest BCUT2D eigenvalue weighted by molar-refractivity contribution is -0.139. The predicted molar refractivity (Wildman–Crippen MR) is 137 cm³/mol. The molecule has 2 aromatic rings. The smallest absolute Gasteiger partial charge is 0.310 e. The lowest BCUT2D eigenvalue weighted by atomic mass is 9.79. The number of ether oxygens (including phenoxy) is 1. The number of benzene rings is 2. The molecule has 1 atom stereocenters. The summed E-state index contributed by atoms with van der Waals surface area (Å²) in [6, 6.07) is 12.9. The highest BCUT2D eigenvalue weighted by Gasteiger charge is 2.32. The quantitative estimate of drug-likeness (QED) is 0.289. The maximum atomic E-state index is 13.5. The zero-order valence-corrected chi connectivity index (χ0v) is 21.4. The Balaban J connectivity index is 1.89. The Morgan fingerprint density at radius 3 is 2.18 bits per heavy atom. The molecule has 1 aliphatic carbocycles. The lowest BCUT2D eigenvalue weighted by Gasteiger charge is -2.28. The average Bonchev–Trinajstić information content (AvgIpc) is 2.80. The second kappa shape index (κ2) is 11.7. The monoisotopic (exact) mass is 464 g/mol. The van der Waals surface area contributed by atoms with Crippen LogP contribution in [-0.4, -0.2) is 17.5 Å². The normalized spacial score (nSPS) is 16.3. The second-order valence-electron chi connectivity index (χ2n) is 8.94. The van der Waals surface area contributed by atoms with Crippen molar-refractivity contribution in [3.05, 3.63) is 70.0 Å². The van der Waals surface area contributed by atoms with E-state index >= 15 is 0 Å². The minimum absolute atomic E-state index is 0.110. The fourth-order valence-electron chi connectivity index (χ4n) is 4.54. The molecule has 3 nitrogen and oxygen atoms in total. The molecule has 0 spiro atoms. The minimum Gasteiger partial charge on any atom is -0.430 e. The van der Waals surface area contributed by atoms with Crippen molar-refractivity contribution in [1.29, 1.82) is 0 Å². The molecular formula is C29H36O3S. The molecule has 0 bridgehead atoms. The van der Waals surface area contributed by atoms with Gasteiger partial charge in [-0.1, -0.05) is 56.2 Å². The van der Waals surface area contributed by atoms with Gasteiger partial charge in [-0.15, -0.1) is 11.8 Å². The van der Waals surface area contributed by atoms with Crippen LogP contribution in [0.1, 0.15) is 74.3 Å². The van der Waals surface area contributed by atoms with Gasteiger partial charge in [0.15, 0.2) is 5.78 Å². The van der Waals surface area contributed by atoms with E-state index in [1.165, 1.54) is 16.0 Å². The number of allylic oxidation sites excluding steroid dienone is 2. The average molecular weight is 465 g/mol. The molecule has 0 N–H and O–H groups in total. The number of carbonyl (C=O) groups is 2. The third-order valence-corrected chi connectivity index (χ3v) is 7.35. The number of hydrogen-bond acceptors (Lipinski definition) is 4. The van der Waals surface area contributed by atoms with Crippen molar-refractivity contribution in [1.82, 2.24) is 0 Å². The summed E-state index contributed by atoms with van der Waals surface area (Å²) in [5, 5.41) is 0. The fraction of sp³-hybridized carbons (Fsp3) is 0.448. The number of carbonyl (C=O) groups excluding carboxylic acids is 2. The van der Waals surface area contributed by atoms with Crippen molar-refractivity contribution < 1.29 is 14.3 Å². The van der Waals surface area contributed by atoms with Gasteiger partial charge in [-0.3, -0.25) is 9.59 Å². The van der Waals surface area contributed by atoms with Gasteiger partial charge >= 0.3 is 5.97 Å². The molecule has 0 heterocycles. The fourth-order valence-corrected chi connectivity index (χ4v) is 5.56. The number of aryl methyl sites for hydroxylation is 4. The van der Waals surface area contributed by atoms with E-state index in [0.717, 1.165) is 41.7 Å². The van der Waals surface area contributed by atoms with Crippen molar-refractivity contribution in [3.63, 3.8) is 0 Å². The first kappa shape index (κ1) is 25.3. The van der Waals surface area contributed by atoms with Crippen molar-refractivity contribution >= 4 is 29.1 Å². The minimum atomic E-state index is -0.270. The van der Waals surface area contributed by atoms with Crippen molar-refractivity contribution in [2.45, 2.75) is 78.0 Å². The van der Waals surface area contributed by atoms with Crippen LogP contribution in [-0.2, 0) is 27.2 Å². The highest BCUT2D eigenvalue weighted by Crippen LogP contribution is 2.39. The molecule has 0 saturated heterocycles. The van der Waals surface area contributed by atoms with Crippen LogP contribution in [0.25, 0.3) is 5.57 Å². The summed E-state index contributed by atoms with van der Waals surface area (Å²) in [6.45, 7) is 10.2. The van der Waals surface area contributed by atoms with E-state index in [-0.39, 0.29) is 17.7 Å². The van der Waals surface area contributed by atoms with Crippen molar-refractivity contribution in [2.24, 2.45) is 5.92 Å². The Morgan fingerprint density at radius 2 is 1.61 bits per heavy atom. The van der Waals surface area contributed by atoms with Gasteiger partial charge in [-0.2, -0.15) is 0 Å². The molecule has 0 fully saturated rings. The van der Waals surface area contributed by atoms with Gasteiger partial charge in [0.2, 0.25) is 0 Å². The number of Topliss-reactive ketones (excluding diaryl/α,β-unsaturated/α-hetero) is 1. The van der Waals surface area contributed by atoms with Crippen LogP contribution in [0.3, 0.4) is 0 Å². The van der Waals surface area contributed by atoms with Gasteiger partial charge in [-0.25, -0.2) is 0 Å². The molecule has 4 heteroatoms. The molecule has 176 valence electrons. The molecule has 1 unspecified atom stereocenters. The van der Waals surface area contributed by atoms with E-state index < -0.39 is 0 Å². The number of thioether (sulfide) groups is 1. The van der Waals surface area contributed by atoms with Gasteiger partial charge in [0.1, 0.15) is 5.76 Å². The molecule has 3 rings (SSSR count). The van der Waals surface area contributed by atoms with Crippen LogP contribution in [0.15, 0.2) is 47.1 Å². The van der Waals surface area contributed by atoms with Gasteiger partial charge in [0.25, 0.3) is 0 Å². The standard InChI is InChI=1S/C29H36O3S/c1-6-22-15-20(5)16-23(7-2)28(22)29-25(30)17-21(18-26(29)32-27(31)8-3)13-14-33-24-11-9-19(4)10-12-24/h9-12,15-16,21H,6-8,13-14,17-18H2,1-5H3. The SMILES string of the molecule is CCC(=O)OC1=C(c2c(CC)cc(C)cc2CC)C(=O)CC(CCSc2ccc(C)cc2)C1. The largest absolute Gasteiger partial charge is 0.430 e. The van der Waals surface area contributed by atoms with E-state index in [1.54, 1.807) is 6.92 Å². The summed E-state index contributed by atoms with van der Waals surface area (Å²) in [7, 11) is 0. The van der Waals surface area contributed by atoms with Gasteiger partial charge in [0.05, 0.1) is 5.57 Å². The summed E-state index contributed by atoms with van der Waals surface area (Å²) in [5.74, 6) is 1.55. The summed E-state index contributed by atoms with van der Waals surface area (Å²) >= 11 is 1.82. The van der Waals surface area contributed by atoms with Crippen LogP contribution in [0.5, 0.6) is 0 Å². The van der Waals surface area contributed by atoms with Gasteiger partial charge in [-0.05, 0) is 73.6 Å².